The Morgan fingerprint density at radius 1 is 1.31 bits per heavy atom. The summed E-state index contributed by atoms with van der Waals surface area (Å²) in [5.74, 6) is -0.487. The van der Waals surface area contributed by atoms with Crippen LogP contribution in [0.25, 0.3) is 0 Å². The molecular formula is C10H19NO4S. The van der Waals surface area contributed by atoms with E-state index in [9.17, 15) is 13.2 Å². The molecule has 0 aromatic heterocycles. The summed E-state index contributed by atoms with van der Waals surface area (Å²) in [5.41, 5.74) is -0.825. The molecule has 1 rings (SSSR count). The number of carbonyl (C=O) groups is 1. The molecule has 6 heteroatoms. The summed E-state index contributed by atoms with van der Waals surface area (Å²) >= 11 is 0. The van der Waals surface area contributed by atoms with Crippen LogP contribution in [0.4, 0.5) is 0 Å². The van der Waals surface area contributed by atoms with Gasteiger partial charge >= 0.3 is 5.97 Å². The Hall–Kier alpha value is -0.620. The molecule has 1 aliphatic rings. The van der Waals surface area contributed by atoms with Crippen molar-refractivity contribution in [1.29, 1.82) is 0 Å². The van der Waals surface area contributed by atoms with Crippen LogP contribution < -0.4 is 0 Å². The van der Waals surface area contributed by atoms with E-state index in [1.54, 1.807) is 13.8 Å². The Labute approximate surface area is 96.4 Å². The molecule has 0 aromatic rings. The van der Waals surface area contributed by atoms with Gasteiger partial charge in [-0.05, 0) is 26.8 Å². The van der Waals surface area contributed by atoms with E-state index in [-0.39, 0.29) is 11.5 Å². The molecule has 0 atom stereocenters. The van der Waals surface area contributed by atoms with Gasteiger partial charge < -0.3 is 10.0 Å². The first-order valence-corrected chi connectivity index (χ1v) is 7.21. The Balaban J connectivity index is 2.60. The molecule has 16 heavy (non-hydrogen) atoms. The fourth-order valence-corrected chi connectivity index (χ4v) is 3.08. The molecule has 1 fully saturated rings. The number of hydrogen-bond acceptors (Lipinski definition) is 4. The minimum atomic E-state index is -2.92. The van der Waals surface area contributed by atoms with Crippen LogP contribution in [0.3, 0.4) is 0 Å². The predicted molar refractivity (Wildman–Crippen MR) is 61.1 cm³/mol. The SMILES string of the molecule is CC(C)(CN1CCCS(=O)(=O)CC1)C(=O)O. The van der Waals surface area contributed by atoms with Gasteiger partial charge in [0.1, 0.15) is 0 Å². The molecule has 0 unspecified atom stereocenters. The highest BCUT2D eigenvalue weighted by Gasteiger charge is 2.31. The fourth-order valence-electron chi connectivity index (χ4n) is 1.77. The largest absolute Gasteiger partial charge is 0.481 e. The van der Waals surface area contributed by atoms with Crippen LogP contribution in [-0.4, -0.2) is 55.5 Å². The first kappa shape index (κ1) is 13.4. The first-order valence-electron chi connectivity index (χ1n) is 5.39. The maximum atomic E-state index is 11.4. The summed E-state index contributed by atoms with van der Waals surface area (Å²) in [7, 11) is -2.92. The molecule has 0 saturated carbocycles. The highest BCUT2D eigenvalue weighted by Crippen LogP contribution is 2.18. The summed E-state index contributed by atoms with van der Waals surface area (Å²) in [4.78, 5) is 12.9. The van der Waals surface area contributed by atoms with Gasteiger partial charge in [-0.25, -0.2) is 8.42 Å². The van der Waals surface area contributed by atoms with Gasteiger partial charge in [-0.3, -0.25) is 4.79 Å². The molecule has 5 nitrogen and oxygen atoms in total. The zero-order valence-electron chi connectivity index (χ0n) is 9.77. The van der Waals surface area contributed by atoms with Crippen LogP contribution in [0, 0.1) is 5.41 Å². The predicted octanol–water partition coefficient (Wildman–Crippen LogP) is 0.218. The molecule has 1 aliphatic heterocycles. The summed E-state index contributed by atoms with van der Waals surface area (Å²) < 4.78 is 22.7. The smallest absolute Gasteiger partial charge is 0.310 e. The number of rotatable bonds is 3. The van der Waals surface area contributed by atoms with Gasteiger partial charge in [0.2, 0.25) is 0 Å². The van der Waals surface area contributed by atoms with E-state index >= 15 is 0 Å². The minimum absolute atomic E-state index is 0.142. The zero-order valence-corrected chi connectivity index (χ0v) is 10.6. The van der Waals surface area contributed by atoms with E-state index in [4.69, 9.17) is 5.11 Å². The van der Waals surface area contributed by atoms with Crippen molar-refractivity contribution >= 4 is 15.8 Å². The van der Waals surface area contributed by atoms with Gasteiger partial charge in [0, 0.05) is 13.1 Å². The van der Waals surface area contributed by atoms with Crippen molar-refractivity contribution < 1.29 is 18.3 Å². The van der Waals surface area contributed by atoms with Gasteiger partial charge in [0.05, 0.1) is 16.9 Å². The lowest BCUT2D eigenvalue weighted by molar-refractivity contribution is -0.147. The molecule has 0 aromatic carbocycles. The van der Waals surface area contributed by atoms with E-state index in [1.165, 1.54) is 0 Å². The van der Waals surface area contributed by atoms with E-state index in [2.05, 4.69) is 0 Å². The topological polar surface area (TPSA) is 74.7 Å². The Morgan fingerprint density at radius 3 is 2.50 bits per heavy atom. The monoisotopic (exact) mass is 249 g/mol. The molecule has 1 heterocycles. The minimum Gasteiger partial charge on any atom is -0.481 e. The maximum absolute atomic E-state index is 11.4. The summed E-state index contributed by atoms with van der Waals surface area (Å²) in [6.45, 7) is 4.83. The molecule has 0 radical (unpaired) electrons. The van der Waals surface area contributed by atoms with Crippen LogP contribution >= 0.6 is 0 Å². The third-order valence-electron chi connectivity index (χ3n) is 2.85. The standard InChI is InChI=1S/C10H19NO4S/c1-10(2,9(12)13)8-11-4-3-6-16(14,15)7-5-11/h3-8H2,1-2H3,(H,12,13). The van der Waals surface area contributed by atoms with Crippen LogP contribution in [-0.2, 0) is 14.6 Å². The number of carboxylic acid groups (broad SMARTS) is 1. The molecule has 0 bridgehead atoms. The Bertz CT molecular complexity index is 361. The Kier molecular flexibility index (Phi) is 3.96. The summed E-state index contributed by atoms with van der Waals surface area (Å²) in [6, 6.07) is 0. The molecule has 0 amide bonds. The number of nitrogens with zero attached hydrogens (tertiary/aromatic N) is 1. The molecule has 94 valence electrons. The molecule has 0 aliphatic carbocycles. The zero-order chi connectivity index (χ0) is 12.4. The van der Waals surface area contributed by atoms with E-state index in [0.29, 0.717) is 26.1 Å². The number of hydrogen-bond donors (Lipinski definition) is 1. The van der Waals surface area contributed by atoms with E-state index < -0.39 is 21.2 Å². The summed E-state index contributed by atoms with van der Waals surface area (Å²) in [6.07, 6.45) is 0.595. The lowest BCUT2D eigenvalue weighted by Crippen LogP contribution is -2.40. The van der Waals surface area contributed by atoms with Crippen LogP contribution in [0.5, 0.6) is 0 Å². The second-order valence-corrected chi connectivity index (χ2v) is 7.27. The highest BCUT2D eigenvalue weighted by atomic mass is 32.2. The lowest BCUT2D eigenvalue weighted by atomic mass is 9.93. The fraction of sp³-hybridized carbons (Fsp3) is 0.900. The quantitative estimate of drug-likeness (QED) is 0.774. The number of aliphatic carboxylic acids is 1. The average molecular weight is 249 g/mol. The van der Waals surface area contributed by atoms with Crippen molar-refractivity contribution in [1.82, 2.24) is 4.90 Å². The Morgan fingerprint density at radius 2 is 1.94 bits per heavy atom. The third-order valence-corrected chi connectivity index (χ3v) is 4.56. The molecule has 0 spiro atoms. The molecule has 1 saturated heterocycles. The van der Waals surface area contributed by atoms with Gasteiger partial charge in [-0.15, -0.1) is 0 Å². The van der Waals surface area contributed by atoms with E-state index in [0.717, 1.165) is 0 Å². The van der Waals surface area contributed by atoms with Crippen molar-refractivity contribution in [2.24, 2.45) is 5.41 Å². The van der Waals surface area contributed by atoms with Crippen LogP contribution in [0.1, 0.15) is 20.3 Å². The molecule has 1 N–H and O–H groups in total. The van der Waals surface area contributed by atoms with E-state index in [1.807, 2.05) is 4.90 Å². The van der Waals surface area contributed by atoms with Crippen molar-refractivity contribution in [3.05, 3.63) is 0 Å². The van der Waals surface area contributed by atoms with Crippen molar-refractivity contribution in [3.63, 3.8) is 0 Å². The van der Waals surface area contributed by atoms with Crippen molar-refractivity contribution in [2.45, 2.75) is 20.3 Å². The number of carboxylic acids is 1. The van der Waals surface area contributed by atoms with Gasteiger partial charge in [0.15, 0.2) is 9.84 Å². The van der Waals surface area contributed by atoms with Crippen molar-refractivity contribution in [3.8, 4) is 0 Å². The normalized spacial score (nSPS) is 22.6. The maximum Gasteiger partial charge on any atom is 0.310 e. The summed E-state index contributed by atoms with van der Waals surface area (Å²) in [5, 5.41) is 9.00. The lowest BCUT2D eigenvalue weighted by Gasteiger charge is -2.28. The first-order chi connectivity index (χ1) is 7.23. The second kappa shape index (κ2) is 4.71. The highest BCUT2D eigenvalue weighted by molar-refractivity contribution is 7.91. The van der Waals surface area contributed by atoms with Crippen LogP contribution in [0.15, 0.2) is 0 Å². The van der Waals surface area contributed by atoms with Crippen molar-refractivity contribution in [2.75, 3.05) is 31.1 Å². The number of sulfone groups is 1. The van der Waals surface area contributed by atoms with Gasteiger partial charge in [-0.1, -0.05) is 0 Å². The van der Waals surface area contributed by atoms with Gasteiger partial charge in [0.25, 0.3) is 0 Å². The van der Waals surface area contributed by atoms with Crippen LogP contribution in [0.2, 0.25) is 0 Å². The average Bonchev–Trinajstić information content (AvgIpc) is 2.27. The van der Waals surface area contributed by atoms with Gasteiger partial charge in [-0.2, -0.15) is 0 Å². The second-order valence-electron chi connectivity index (χ2n) is 4.97. The third kappa shape index (κ3) is 3.75. The molecular weight excluding hydrogens is 230 g/mol.